The summed E-state index contributed by atoms with van der Waals surface area (Å²) < 4.78 is 16.6. The van der Waals surface area contributed by atoms with Crippen LogP contribution < -0.4 is 5.69 Å². The molecule has 6 nitrogen and oxygen atoms in total. The SMILES string of the molecule is CCCN(CC)CC(F)Cn1nc(C)n(CCO)c1=O. The Morgan fingerprint density at radius 1 is 1.45 bits per heavy atom. The highest BCUT2D eigenvalue weighted by atomic mass is 19.1. The maximum Gasteiger partial charge on any atom is 0.346 e. The fourth-order valence-electron chi connectivity index (χ4n) is 2.25. The Hall–Kier alpha value is -1.21. The van der Waals surface area contributed by atoms with Gasteiger partial charge in [-0.15, -0.1) is 0 Å². The van der Waals surface area contributed by atoms with Gasteiger partial charge in [0, 0.05) is 6.54 Å². The summed E-state index contributed by atoms with van der Waals surface area (Å²) >= 11 is 0. The van der Waals surface area contributed by atoms with E-state index in [4.69, 9.17) is 5.11 Å². The second-order valence-electron chi connectivity index (χ2n) is 4.88. The van der Waals surface area contributed by atoms with E-state index in [1.54, 1.807) is 6.92 Å². The molecule has 0 aromatic carbocycles. The summed E-state index contributed by atoms with van der Waals surface area (Å²) in [6, 6.07) is 0. The first-order valence-corrected chi connectivity index (χ1v) is 7.14. The molecule has 1 rings (SSSR count). The molecule has 0 aliphatic carbocycles. The quantitative estimate of drug-likeness (QED) is 0.715. The van der Waals surface area contributed by atoms with Crippen molar-refractivity contribution in [2.75, 3.05) is 26.2 Å². The van der Waals surface area contributed by atoms with Crippen LogP contribution in [0.25, 0.3) is 0 Å². The van der Waals surface area contributed by atoms with Gasteiger partial charge >= 0.3 is 5.69 Å². The molecular formula is C13H25FN4O2. The number of halogens is 1. The third kappa shape index (κ3) is 4.42. The van der Waals surface area contributed by atoms with Crippen molar-refractivity contribution in [3.8, 4) is 0 Å². The predicted molar refractivity (Wildman–Crippen MR) is 75.6 cm³/mol. The molecule has 7 heteroatoms. The standard InChI is InChI=1S/C13H25FN4O2/c1-4-6-16(5-2)9-12(14)10-18-13(20)17(7-8-19)11(3)15-18/h12,19H,4-10H2,1-3H3. The van der Waals surface area contributed by atoms with Crippen molar-refractivity contribution in [3.05, 3.63) is 16.3 Å². The Kier molecular flexibility index (Phi) is 6.87. The minimum atomic E-state index is -1.13. The van der Waals surface area contributed by atoms with E-state index >= 15 is 0 Å². The van der Waals surface area contributed by atoms with Crippen LogP contribution in [0, 0.1) is 6.92 Å². The van der Waals surface area contributed by atoms with Crippen molar-refractivity contribution in [1.29, 1.82) is 0 Å². The summed E-state index contributed by atoms with van der Waals surface area (Å²) in [5.41, 5.74) is -0.363. The van der Waals surface area contributed by atoms with E-state index in [2.05, 4.69) is 12.0 Å². The maximum atomic E-state index is 14.1. The summed E-state index contributed by atoms with van der Waals surface area (Å²) in [4.78, 5) is 14.0. The van der Waals surface area contributed by atoms with Gasteiger partial charge in [0.1, 0.15) is 12.0 Å². The van der Waals surface area contributed by atoms with Crippen molar-refractivity contribution < 1.29 is 9.50 Å². The predicted octanol–water partition coefficient (Wildman–Crippen LogP) is 0.416. The van der Waals surface area contributed by atoms with Crippen molar-refractivity contribution >= 4 is 0 Å². The molecule has 1 unspecified atom stereocenters. The van der Waals surface area contributed by atoms with Gasteiger partial charge in [-0.25, -0.2) is 13.9 Å². The molecule has 0 aliphatic heterocycles. The number of aromatic nitrogens is 3. The highest BCUT2D eigenvalue weighted by molar-refractivity contribution is 4.84. The number of rotatable bonds is 9. The van der Waals surface area contributed by atoms with Crippen LogP contribution in [-0.4, -0.2) is 56.8 Å². The largest absolute Gasteiger partial charge is 0.395 e. The van der Waals surface area contributed by atoms with Crippen molar-refractivity contribution in [3.63, 3.8) is 0 Å². The van der Waals surface area contributed by atoms with Crippen LogP contribution in [0.2, 0.25) is 0 Å². The zero-order valence-electron chi connectivity index (χ0n) is 12.5. The second kappa shape index (κ2) is 8.16. The van der Waals surface area contributed by atoms with Gasteiger partial charge in [-0.1, -0.05) is 13.8 Å². The zero-order chi connectivity index (χ0) is 15.1. The van der Waals surface area contributed by atoms with E-state index in [1.807, 2.05) is 11.8 Å². The van der Waals surface area contributed by atoms with Gasteiger partial charge in [0.05, 0.1) is 19.7 Å². The van der Waals surface area contributed by atoms with Crippen LogP contribution in [0.3, 0.4) is 0 Å². The molecule has 0 bridgehead atoms. The number of aryl methyl sites for hydroxylation is 1. The highest BCUT2D eigenvalue weighted by Crippen LogP contribution is 2.01. The summed E-state index contributed by atoms with van der Waals surface area (Å²) in [6.45, 7) is 7.70. The molecule has 1 aromatic heterocycles. The first kappa shape index (κ1) is 16.8. The Balaban J connectivity index is 2.68. The molecule has 0 amide bonds. The van der Waals surface area contributed by atoms with Crippen LogP contribution in [0.1, 0.15) is 26.1 Å². The molecule has 0 aliphatic rings. The maximum absolute atomic E-state index is 14.1. The molecular weight excluding hydrogens is 263 g/mol. The van der Waals surface area contributed by atoms with Crippen LogP contribution in [0.4, 0.5) is 4.39 Å². The van der Waals surface area contributed by atoms with E-state index in [9.17, 15) is 9.18 Å². The summed E-state index contributed by atoms with van der Waals surface area (Å²) in [5.74, 6) is 0.497. The third-order valence-corrected chi connectivity index (χ3v) is 3.25. The fraction of sp³-hybridized carbons (Fsp3) is 0.846. The summed E-state index contributed by atoms with van der Waals surface area (Å²) in [7, 11) is 0. The van der Waals surface area contributed by atoms with Crippen LogP contribution in [0.15, 0.2) is 4.79 Å². The number of aliphatic hydroxyl groups excluding tert-OH is 1. The van der Waals surface area contributed by atoms with E-state index in [1.165, 1.54) is 4.57 Å². The molecule has 0 saturated carbocycles. The molecule has 0 spiro atoms. The van der Waals surface area contributed by atoms with Crippen molar-refractivity contribution in [2.24, 2.45) is 0 Å². The average molecular weight is 288 g/mol. The highest BCUT2D eigenvalue weighted by Gasteiger charge is 2.16. The summed E-state index contributed by atoms with van der Waals surface area (Å²) in [6.07, 6.45) is -0.152. The lowest BCUT2D eigenvalue weighted by atomic mass is 10.3. The van der Waals surface area contributed by atoms with Crippen LogP contribution in [0.5, 0.6) is 0 Å². The van der Waals surface area contributed by atoms with Gasteiger partial charge < -0.3 is 10.0 Å². The summed E-state index contributed by atoms with van der Waals surface area (Å²) in [5, 5.41) is 12.9. The number of nitrogens with zero attached hydrogens (tertiary/aromatic N) is 4. The topological polar surface area (TPSA) is 63.3 Å². The van der Waals surface area contributed by atoms with E-state index < -0.39 is 6.17 Å². The van der Waals surface area contributed by atoms with Crippen LogP contribution in [-0.2, 0) is 13.1 Å². The van der Waals surface area contributed by atoms with Gasteiger partial charge in [0.25, 0.3) is 0 Å². The molecule has 20 heavy (non-hydrogen) atoms. The fourth-order valence-corrected chi connectivity index (χ4v) is 2.25. The monoisotopic (exact) mass is 288 g/mol. The Morgan fingerprint density at radius 2 is 2.15 bits per heavy atom. The molecule has 1 heterocycles. The molecule has 0 fully saturated rings. The average Bonchev–Trinajstić information content (AvgIpc) is 2.66. The molecule has 116 valence electrons. The van der Waals surface area contributed by atoms with Gasteiger partial charge in [-0.3, -0.25) is 4.57 Å². The third-order valence-electron chi connectivity index (χ3n) is 3.25. The first-order valence-electron chi connectivity index (χ1n) is 7.14. The Morgan fingerprint density at radius 3 is 2.70 bits per heavy atom. The molecule has 0 radical (unpaired) electrons. The van der Waals surface area contributed by atoms with Crippen LogP contribution >= 0.6 is 0 Å². The number of aliphatic hydroxyl groups is 1. The number of hydrogen-bond acceptors (Lipinski definition) is 4. The van der Waals surface area contributed by atoms with E-state index in [0.29, 0.717) is 12.4 Å². The number of alkyl halides is 1. The minimum Gasteiger partial charge on any atom is -0.395 e. The molecule has 1 N–H and O–H groups in total. The smallest absolute Gasteiger partial charge is 0.346 e. The lowest BCUT2D eigenvalue weighted by Gasteiger charge is -2.21. The first-order chi connectivity index (χ1) is 9.53. The van der Waals surface area contributed by atoms with Gasteiger partial charge in [0.15, 0.2) is 0 Å². The normalized spacial score (nSPS) is 13.1. The van der Waals surface area contributed by atoms with E-state index in [0.717, 1.165) is 24.2 Å². The van der Waals surface area contributed by atoms with E-state index in [-0.39, 0.29) is 25.4 Å². The Labute approximate surface area is 118 Å². The second-order valence-corrected chi connectivity index (χ2v) is 4.88. The lowest BCUT2D eigenvalue weighted by molar-refractivity contribution is 0.177. The van der Waals surface area contributed by atoms with Gasteiger partial charge in [-0.05, 0) is 26.4 Å². The zero-order valence-corrected chi connectivity index (χ0v) is 12.5. The Bertz CT molecular complexity index is 458. The van der Waals surface area contributed by atoms with Gasteiger partial charge in [0.2, 0.25) is 0 Å². The molecule has 1 aromatic rings. The van der Waals surface area contributed by atoms with Crippen molar-refractivity contribution in [1.82, 2.24) is 19.2 Å². The lowest BCUT2D eigenvalue weighted by Crippen LogP contribution is -2.36. The molecule has 1 atom stereocenters. The number of hydrogen-bond donors (Lipinski definition) is 1. The van der Waals surface area contributed by atoms with Gasteiger partial charge in [-0.2, -0.15) is 5.10 Å². The minimum absolute atomic E-state index is 0.0433. The molecule has 0 saturated heterocycles. The van der Waals surface area contributed by atoms with Crippen molar-refractivity contribution in [2.45, 2.75) is 46.5 Å².